The van der Waals surface area contributed by atoms with Crippen molar-refractivity contribution in [1.29, 1.82) is 0 Å². The topological polar surface area (TPSA) is 62.5 Å². The van der Waals surface area contributed by atoms with Gasteiger partial charge in [-0.1, -0.05) is 6.92 Å². The van der Waals surface area contributed by atoms with E-state index in [1.54, 1.807) is 12.3 Å². The van der Waals surface area contributed by atoms with Gasteiger partial charge in [-0.05, 0) is 45.0 Å². The zero-order chi connectivity index (χ0) is 14.8. The number of carbonyl (C=O) groups is 1. The Labute approximate surface area is 124 Å². The summed E-state index contributed by atoms with van der Waals surface area (Å²) in [5.74, 6) is 0.751. The zero-order valence-corrected chi connectivity index (χ0v) is 12.5. The number of nitrogens with zero attached hydrogens (tertiary/aromatic N) is 4. The van der Waals surface area contributed by atoms with E-state index in [-0.39, 0.29) is 5.91 Å². The number of aromatic nitrogens is 3. The SMILES string of the molecule is CCN1CCC[C@H]1CNC(=O)c1ccc2nnc(C)n2c1. The van der Waals surface area contributed by atoms with Gasteiger partial charge in [0.25, 0.3) is 5.91 Å². The largest absolute Gasteiger partial charge is 0.350 e. The minimum atomic E-state index is -0.0343. The molecule has 1 fully saturated rings. The van der Waals surface area contributed by atoms with Gasteiger partial charge in [0.15, 0.2) is 5.65 Å². The smallest absolute Gasteiger partial charge is 0.252 e. The van der Waals surface area contributed by atoms with Crippen LogP contribution in [0, 0.1) is 6.92 Å². The van der Waals surface area contributed by atoms with Crippen LogP contribution < -0.4 is 5.32 Å². The molecular weight excluding hydrogens is 266 g/mol. The standard InChI is InChI=1S/C15H21N5O/c1-3-19-8-4-5-13(19)9-16-15(21)12-6-7-14-18-17-11(2)20(14)10-12/h6-7,10,13H,3-5,8-9H2,1-2H3,(H,16,21)/t13-/m0/s1. The lowest BCUT2D eigenvalue weighted by molar-refractivity contribution is 0.0941. The molecule has 6 heteroatoms. The highest BCUT2D eigenvalue weighted by Gasteiger charge is 2.23. The Morgan fingerprint density at radius 1 is 1.43 bits per heavy atom. The van der Waals surface area contributed by atoms with Crippen LogP contribution in [0.4, 0.5) is 0 Å². The monoisotopic (exact) mass is 287 g/mol. The van der Waals surface area contributed by atoms with Crippen LogP contribution >= 0.6 is 0 Å². The number of fused-ring (bicyclic) bond motifs is 1. The summed E-state index contributed by atoms with van der Waals surface area (Å²) in [4.78, 5) is 14.7. The average Bonchev–Trinajstić information content (AvgIpc) is 3.11. The normalized spacial score (nSPS) is 19.2. The van der Waals surface area contributed by atoms with Crippen molar-refractivity contribution in [3.63, 3.8) is 0 Å². The highest BCUT2D eigenvalue weighted by molar-refractivity contribution is 5.94. The number of amides is 1. The summed E-state index contributed by atoms with van der Waals surface area (Å²) < 4.78 is 1.84. The molecule has 0 aliphatic carbocycles. The minimum absolute atomic E-state index is 0.0343. The molecule has 1 aliphatic heterocycles. The van der Waals surface area contributed by atoms with Gasteiger partial charge in [-0.15, -0.1) is 10.2 Å². The molecule has 0 unspecified atom stereocenters. The maximum absolute atomic E-state index is 12.3. The van der Waals surface area contributed by atoms with Gasteiger partial charge in [0.1, 0.15) is 5.82 Å². The minimum Gasteiger partial charge on any atom is -0.350 e. The lowest BCUT2D eigenvalue weighted by Gasteiger charge is -2.22. The maximum Gasteiger partial charge on any atom is 0.252 e. The van der Waals surface area contributed by atoms with Gasteiger partial charge in [-0.25, -0.2) is 0 Å². The molecule has 2 aromatic heterocycles. The van der Waals surface area contributed by atoms with Gasteiger partial charge >= 0.3 is 0 Å². The molecule has 2 aromatic rings. The van der Waals surface area contributed by atoms with Crippen molar-refractivity contribution >= 4 is 11.6 Å². The van der Waals surface area contributed by atoms with Crippen LogP contribution in [-0.4, -0.2) is 51.1 Å². The van der Waals surface area contributed by atoms with E-state index >= 15 is 0 Å². The van der Waals surface area contributed by atoms with Gasteiger partial charge in [0.05, 0.1) is 5.56 Å². The molecule has 3 rings (SSSR count). The van der Waals surface area contributed by atoms with E-state index < -0.39 is 0 Å². The molecule has 1 aliphatic rings. The first-order valence-corrected chi connectivity index (χ1v) is 7.52. The molecule has 1 saturated heterocycles. The first-order chi connectivity index (χ1) is 10.2. The van der Waals surface area contributed by atoms with Gasteiger partial charge in [0.2, 0.25) is 0 Å². The summed E-state index contributed by atoms with van der Waals surface area (Å²) >= 11 is 0. The number of likely N-dealkylation sites (tertiary alicyclic amines) is 1. The number of rotatable bonds is 4. The van der Waals surface area contributed by atoms with Gasteiger partial charge < -0.3 is 5.32 Å². The van der Waals surface area contributed by atoms with Gasteiger partial charge in [0, 0.05) is 18.8 Å². The molecule has 1 atom stereocenters. The van der Waals surface area contributed by atoms with E-state index in [2.05, 4.69) is 27.3 Å². The van der Waals surface area contributed by atoms with E-state index in [1.165, 1.54) is 6.42 Å². The number of aryl methyl sites for hydroxylation is 1. The van der Waals surface area contributed by atoms with Crippen LogP contribution in [-0.2, 0) is 0 Å². The fourth-order valence-electron chi connectivity index (χ4n) is 2.99. The Morgan fingerprint density at radius 3 is 3.10 bits per heavy atom. The van der Waals surface area contributed by atoms with Crippen LogP contribution in [0.2, 0.25) is 0 Å². The number of carbonyl (C=O) groups excluding carboxylic acids is 1. The van der Waals surface area contributed by atoms with Crippen molar-refractivity contribution in [2.45, 2.75) is 32.7 Å². The van der Waals surface area contributed by atoms with Crippen molar-refractivity contribution in [2.75, 3.05) is 19.6 Å². The Morgan fingerprint density at radius 2 is 2.29 bits per heavy atom. The highest BCUT2D eigenvalue weighted by atomic mass is 16.1. The molecule has 1 N–H and O–H groups in total. The van der Waals surface area contributed by atoms with Crippen LogP contribution in [0.5, 0.6) is 0 Å². The molecule has 1 amide bonds. The Bertz CT molecular complexity index is 651. The van der Waals surface area contributed by atoms with E-state index in [1.807, 2.05) is 17.4 Å². The van der Waals surface area contributed by atoms with Crippen molar-refractivity contribution in [2.24, 2.45) is 0 Å². The molecule has 0 saturated carbocycles. The summed E-state index contributed by atoms with van der Waals surface area (Å²) in [6, 6.07) is 4.09. The molecule has 112 valence electrons. The molecule has 0 radical (unpaired) electrons. The van der Waals surface area contributed by atoms with Crippen LogP contribution in [0.15, 0.2) is 18.3 Å². The van der Waals surface area contributed by atoms with Crippen LogP contribution in [0.25, 0.3) is 5.65 Å². The third kappa shape index (κ3) is 2.76. The number of hydrogen-bond acceptors (Lipinski definition) is 4. The molecule has 3 heterocycles. The van der Waals surface area contributed by atoms with E-state index in [9.17, 15) is 4.79 Å². The highest BCUT2D eigenvalue weighted by Crippen LogP contribution is 2.15. The second-order valence-corrected chi connectivity index (χ2v) is 5.53. The lowest BCUT2D eigenvalue weighted by atomic mass is 10.2. The first kappa shape index (κ1) is 14.0. The van der Waals surface area contributed by atoms with Gasteiger partial charge in [-0.3, -0.25) is 14.1 Å². The third-order valence-corrected chi connectivity index (χ3v) is 4.24. The molecule has 0 aromatic carbocycles. The quantitative estimate of drug-likeness (QED) is 0.919. The molecular formula is C15H21N5O. The number of likely N-dealkylation sites (N-methyl/N-ethyl adjacent to an activating group) is 1. The van der Waals surface area contributed by atoms with E-state index in [0.29, 0.717) is 18.2 Å². The van der Waals surface area contributed by atoms with E-state index in [0.717, 1.165) is 31.0 Å². The predicted molar refractivity (Wildman–Crippen MR) is 80.3 cm³/mol. The van der Waals surface area contributed by atoms with Crippen molar-refractivity contribution in [1.82, 2.24) is 24.8 Å². The summed E-state index contributed by atoms with van der Waals surface area (Å²) in [6.45, 7) is 6.95. The number of nitrogens with one attached hydrogen (secondary N) is 1. The summed E-state index contributed by atoms with van der Waals surface area (Å²) in [5, 5.41) is 11.1. The Hall–Kier alpha value is -1.95. The number of hydrogen-bond donors (Lipinski definition) is 1. The Balaban J connectivity index is 1.67. The van der Waals surface area contributed by atoms with Crippen LogP contribution in [0.1, 0.15) is 35.9 Å². The number of pyridine rings is 1. The first-order valence-electron chi connectivity index (χ1n) is 7.52. The Kier molecular flexibility index (Phi) is 3.88. The molecule has 0 spiro atoms. The van der Waals surface area contributed by atoms with Crippen molar-refractivity contribution < 1.29 is 4.79 Å². The molecule has 0 bridgehead atoms. The summed E-state index contributed by atoms with van der Waals surface area (Å²) in [5.41, 5.74) is 1.41. The lowest BCUT2D eigenvalue weighted by Crippen LogP contribution is -2.40. The maximum atomic E-state index is 12.3. The van der Waals surface area contributed by atoms with Gasteiger partial charge in [-0.2, -0.15) is 0 Å². The molecule has 6 nitrogen and oxygen atoms in total. The predicted octanol–water partition coefficient (Wildman–Crippen LogP) is 1.25. The third-order valence-electron chi connectivity index (χ3n) is 4.24. The van der Waals surface area contributed by atoms with Crippen LogP contribution in [0.3, 0.4) is 0 Å². The average molecular weight is 287 g/mol. The fourth-order valence-corrected chi connectivity index (χ4v) is 2.99. The molecule has 21 heavy (non-hydrogen) atoms. The second kappa shape index (κ2) is 5.81. The van der Waals surface area contributed by atoms with Crippen molar-refractivity contribution in [3.8, 4) is 0 Å². The summed E-state index contributed by atoms with van der Waals surface area (Å²) in [7, 11) is 0. The fraction of sp³-hybridized carbons (Fsp3) is 0.533. The zero-order valence-electron chi connectivity index (χ0n) is 12.5. The second-order valence-electron chi connectivity index (χ2n) is 5.53. The van der Waals surface area contributed by atoms with E-state index in [4.69, 9.17) is 0 Å². The summed E-state index contributed by atoms with van der Waals surface area (Å²) in [6.07, 6.45) is 4.18. The van der Waals surface area contributed by atoms with Crippen molar-refractivity contribution in [3.05, 3.63) is 29.7 Å².